The van der Waals surface area contributed by atoms with E-state index in [1.54, 1.807) is 0 Å². The summed E-state index contributed by atoms with van der Waals surface area (Å²) >= 11 is 0. The maximum atomic E-state index is 10.8. The third kappa shape index (κ3) is 7.05. The largest absolute Gasteiger partial charge is 0.484 e. The molecule has 2 aromatic carbocycles. The van der Waals surface area contributed by atoms with Gasteiger partial charge in [-0.25, -0.2) is 0 Å². The van der Waals surface area contributed by atoms with E-state index in [9.17, 15) is 15.3 Å². The Morgan fingerprint density at radius 1 is 0.641 bits per heavy atom. The molecule has 0 aliphatic carbocycles. The predicted octanol–water partition coefficient (Wildman–Crippen LogP) is 6.42. The highest BCUT2D eigenvalue weighted by Crippen LogP contribution is 2.49. The van der Waals surface area contributed by atoms with E-state index < -0.39 is 31.3 Å². The molecule has 5 N–H and O–H groups in total. The quantitative estimate of drug-likeness (QED) is 0.309. The van der Waals surface area contributed by atoms with Crippen LogP contribution in [-0.4, -0.2) is 35.1 Å². The van der Waals surface area contributed by atoms with Gasteiger partial charge in [-0.1, -0.05) is 113 Å². The molecule has 2 aromatic rings. The zero-order valence-electron chi connectivity index (χ0n) is 26.6. The Kier molecular flexibility index (Phi) is 9.83. The third-order valence-corrected chi connectivity index (χ3v) is 7.72. The number of ether oxygens (including phenoxy) is 1. The molecule has 0 aliphatic rings. The fourth-order valence-electron chi connectivity index (χ4n) is 5.21. The fraction of sp³-hybridized carbons (Fsp3) is 0.647. The minimum Gasteiger partial charge on any atom is -0.484 e. The normalized spacial score (nSPS) is 14.5. The first kappa shape index (κ1) is 33.3. The van der Waals surface area contributed by atoms with Gasteiger partial charge < -0.3 is 25.8 Å². The van der Waals surface area contributed by atoms with E-state index in [1.165, 1.54) is 0 Å². The first-order valence-corrected chi connectivity index (χ1v) is 14.2. The van der Waals surface area contributed by atoms with Crippen LogP contribution in [0.4, 0.5) is 0 Å². The highest BCUT2D eigenvalue weighted by atomic mass is 16.5. The Morgan fingerprint density at radius 3 is 1.28 bits per heavy atom. The highest BCUT2D eigenvalue weighted by molar-refractivity contribution is 5.52. The maximum Gasteiger partial charge on any atom is 0.137 e. The minimum atomic E-state index is -1.34. The topological polar surface area (TPSA) is 95.9 Å². The molecular formula is C34H55NO4. The molecule has 0 aromatic heterocycles. The van der Waals surface area contributed by atoms with Gasteiger partial charge in [0.1, 0.15) is 11.9 Å². The lowest BCUT2D eigenvalue weighted by molar-refractivity contribution is -0.0761. The van der Waals surface area contributed by atoms with Crippen molar-refractivity contribution in [2.24, 2.45) is 11.1 Å². The first-order valence-electron chi connectivity index (χ1n) is 14.2. The van der Waals surface area contributed by atoms with Crippen LogP contribution in [-0.2, 0) is 28.2 Å². The molecule has 0 saturated heterocycles. The number of hydrogen-bond donors (Lipinski definition) is 4. The molecule has 5 heteroatoms. The summed E-state index contributed by atoms with van der Waals surface area (Å²) in [7, 11) is 0. The summed E-state index contributed by atoms with van der Waals surface area (Å²) < 4.78 is 7.19. The third-order valence-electron chi connectivity index (χ3n) is 7.72. The minimum absolute atomic E-state index is 0.232. The van der Waals surface area contributed by atoms with Crippen LogP contribution in [0.2, 0.25) is 0 Å². The van der Waals surface area contributed by atoms with E-state index in [1.807, 2.05) is 0 Å². The molecule has 0 bridgehead atoms. The van der Waals surface area contributed by atoms with E-state index in [0.29, 0.717) is 6.54 Å². The zero-order valence-corrected chi connectivity index (χ0v) is 26.6. The lowest BCUT2D eigenvalue weighted by Crippen LogP contribution is -2.45. The molecule has 0 amide bonds. The Morgan fingerprint density at radius 2 is 1.00 bits per heavy atom. The summed E-state index contributed by atoms with van der Waals surface area (Å²) in [5.41, 5.74) is 9.82. The Hall–Kier alpha value is -1.92. The lowest BCUT2D eigenvalue weighted by atomic mass is 9.68. The molecule has 0 fully saturated rings. The van der Waals surface area contributed by atoms with E-state index >= 15 is 0 Å². The number of rotatable bonds is 8. The maximum absolute atomic E-state index is 10.8. The van der Waals surface area contributed by atoms with Crippen molar-refractivity contribution in [3.8, 4) is 5.75 Å². The van der Waals surface area contributed by atoms with Gasteiger partial charge in [0, 0.05) is 12.1 Å². The van der Waals surface area contributed by atoms with Crippen LogP contribution in [0.5, 0.6) is 5.75 Å². The van der Waals surface area contributed by atoms with Crippen molar-refractivity contribution in [2.75, 3.05) is 19.8 Å². The number of para-hydroxylation sites is 1. The molecule has 0 heterocycles. The second kappa shape index (κ2) is 11.5. The van der Waals surface area contributed by atoms with E-state index in [0.717, 1.165) is 39.1 Å². The van der Waals surface area contributed by atoms with Crippen LogP contribution in [0.1, 0.15) is 123 Å². The number of aliphatic hydroxyl groups excluding tert-OH is 3. The van der Waals surface area contributed by atoms with Crippen molar-refractivity contribution < 1.29 is 20.1 Å². The van der Waals surface area contributed by atoms with Crippen LogP contribution in [0.15, 0.2) is 30.3 Å². The van der Waals surface area contributed by atoms with Gasteiger partial charge in [0.25, 0.3) is 0 Å². The molecule has 0 radical (unpaired) electrons. The van der Waals surface area contributed by atoms with E-state index in [4.69, 9.17) is 10.5 Å². The predicted molar refractivity (Wildman–Crippen MR) is 163 cm³/mol. The average Bonchev–Trinajstić information content (AvgIpc) is 2.81. The summed E-state index contributed by atoms with van der Waals surface area (Å²) in [4.78, 5) is 0. The van der Waals surface area contributed by atoms with E-state index in [-0.39, 0.29) is 21.7 Å². The molecule has 5 nitrogen and oxygen atoms in total. The van der Waals surface area contributed by atoms with Crippen LogP contribution in [0, 0.1) is 5.41 Å². The second-order valence-electron chi connectivity index (χ2n) is 15.3. The van der Waals surface area contributed by atoms with Crippen molar-refractivity contribution in [3.05, 3.63) is 63.7 Å². The fourth-order valence-corrected chi connectivity index (χ4v) is 5.21. The SMILES string of the molecule is CC(C)(C)c1cccc(C(C)(C)C)c1OC(c1c(C(C)(C)C)cc(CN)cc1C(C)(C)C)C(CO)(CO)CO. The summed E-state index contributed by atoms with van der Waals surface area (Å²) in [6, 6.07) is 10.5. The summed E-state index contributed by atoms with van der Waals surface area (Å²) in [6.07, 6.45) is -0.836. The Balaban J connectivity index is 3.18. The summed E-state index contributed by atoms with van der Waals surface area (Å²) in [6.45, 7) is 24.9. The molecule has 0 spiro atoms. The number of benzene rings is 2. The molecule has 39 heavy (non-hydrogen) atoms. The van der Waals surface area contributed by atoms with Crippen LogP contribution >= 0.6 is 0 Å². The van der Waals surface area contributed by atoms with Gasteiger partial charge in [-0.3, -0.25) is 0 Å². The van der Waals surface area contributed by atoms with Crippen LogP contribution < -0.4 is 10.5 Å². The van der Waals surface area contributed by atoms with Gasteiger partial charge >= 0.3 is 0 Å². The molecule has 0 aliphatic heterocycles. The zero-order chi connectivity index (χ0) is 30.2. The van der Waals surface area contributed by atoms with Gasteiger partial charge in [0.2, 0.25) is 0 Å². The van der Waals surface area contributed by atoms with E-state index in [2.05, 4.69) is 113 Å². The van der Waals surface area contributed by atoms with Crippen molar-refractivity contribution in [2.45, 2.75) is 117 Å². The molecule has 2 rings (SSSR count). The van der Waals surface area contributed by atoms with Crippen LogP contribution in [0.25, 0.3) is 0 Å². The van der Waals surface area contributed by atoms with Crippen molar-refractivity contribution in [1.82, 2.24) is 0 Å². The van der Waals surface area contributed by atoms with Gasteiger partial charge in [-0.2, -0.15) is 0 Å². The molecular weight excluding hydrogens is 486 g/mol. The molecule has 1 unspecified atom stereocenters. The van der Waals surface area contributed by atoms with Gasteiger partial charge in [0.15, 0.2) is 0 Å². The monoisotopic (exact) mass is 541 g/mol. The van der Waals surface area contributed by atoms with Crippen LogP contribution in [0.3, 0.4) is 0 Å². The molecule has 0 saturated carbocycles. The number of aliphatic hydroxyl groups is 3. The summed E-state index contributed by atoms with van der Waals surface area (Å²) in [5.74, 6) is 0.741. The van der Waals surface area contributed by atoms with Crippen molar-refractivity contribution >= 4 is 0 Å². The van der Waals surface area contributed by atoms with Gasteiger partial charge in [-0.05, 0) is 49.5 Å². The highest BCUT2D eigenvalue weighted by Gasteiger charge is 2.46. The average molecular weight is 542 g/mol. The molecule has 220 valence electrons. The first-order chi connectivity index (χ1) is 17.7. The smallest absolute Gasteiger partial charge is 0.137 e. The Labute approximate surface area is 237 Å². The number of hydrogen-bond acceptors (Lipinski definition) is 5. The standard InChI is InChI=1S/C34H55NO4/c1-30(2,3)23-14-13-15-24(31(4,5)6)28(23)39-29(34(19-36,20-37)21-38)27-25(32(7,8)9)16-22(18-35)17-26(27)33(10,11)12/h13-17,29,36-38H,18-21,35H2,1-12H3. The van der Waals surface area contributed by atoms with Gasteiger partial charge in [-0.15, -0.1) is 0 Å². The molecule has 1 atom stereocenters. The van der Waals surface area contributed by atoms with Crippen molar-refractivity contribution in [1.29, 1.82) is 0 Å². The second-order valence-corrected chi connectivity index (χ2v) is 15.3. The Bertz CT molecular complexity index is 1040. The van der Waals surface area contributed by atoms with Gasteiger partial charge in [0.05, 0.1) is 25.2 Å². The summed E-state index contributed by atoms with van der Waals surface area (Å²) in [5, 5.41) is 32.4. The number of nitrogens with two attached hydrogens (primary N) is 1. The lowest BCUT2D eigenvalue weighted by Gasteiger charge is -2.43. The van der Waals surface area contributed by atoms with Crippen molar-refractivity contribution in [3.63, 3.8) is 0 Å².